The number of fused-ring (bicyclic) bond motifs is 4. The fourth-order valence-electron chi connectivity index (χ4n) is 5.87. The zero-order chi connectivity index (χ0) is 31.3. The summed E-state index contributed by atoms with van der Waals surface area (Å²) >= 11 is 9.46. The molecule has 19 nitrogen and oxygen atoms in total. The van der Waals surface area contributed by atoms with E-state index in [-0.39, 0.29) is 29.4 Å². The molecule has 4 aromatic rings. The van der Waals surface area contributed by atoms with Crippen molar-refractivity contribution in [2.45, 2.75) is 48.6 Å². The molecule has 0 aromatic carbocycles. The number of ether oxygens (including phenoxy) is 3. The SMILES string of the molecule is Nc1ncnc2c1ncn2[C@@H]1O[C@@H]2COP(O)(=S)O[C@H]3[C@H]4OC[C@]3(COP(=O)(S)O[C@@H]1[C@@H]2F)O[C@H]4n1cnc2c(N)ncnc21. The van der Waals surface area contributed by atoms with Crippen molar-refractivity contribution < 1.29 is 46.2 Å². The van der Waals surface area contributed by atoms with Gasteiger partial charge in [0, 0.05) is 0 Å². The van der Waals surface area contributed by atoms with Gasteiger partial charge in [0.1, 0.15) is 53.7 Å². The van der Waals surface area contributed by atoms with E-state index in [2.05, 4.69) is 42.2 Å². The van der Waals surface area contributed by atoms with E-state index >= 15 is 4.39 Å². The van der Waals surface area contributed by atoms with E-state index in [1.807, 2.05) is 0 Å². The number of nitrogens with zero attached hydrogens (tertiary/aromatic N) is 8. The van der Waals surface area contributed by atoms with Gasteiger partial charge < -0.3 is 35.1 Å². The Bertz CT molecular complexity index is 1920. The monoisotopic (exact) mass is 704 g/mol. The molecule has 240 valence electrons. The lowest BCUT2D eigenvalue weighted by Crippen LogP contribution is -2.45. The molecule has 0 amide bonds. The fourth-order valence-corrected chi connectivity index (χ4v) is 8.80. The highest BCUT2D eigenvalue weighted by Crippen LogP contribution is 2.61. The molecule has 0 aliphatic carbocycles. The first-order chi connectivity index (χ1) is 21.5. The minimum Gasteiger partial charge on any atom is -0.382 e. The molecule has 2 unspecified atom stereocenters. The van der Waals surface area contributed by atoms with Gasteiger partial charge in [0.15, 0.2) is 41.6 Å². The van der Waals surface area contributed by atoms with Gasteiger partial charge in [-0.15, -0.1) is 0 Å². The Hall–Kier alpha value is -2.46. The molecular formula is C21H23FN10O9P2S2. The molecule has 10 atom stereocenters. The first-order valence-electron chi connectivity index (χ1n) is 13.2. The lowest BCUT2D eigenvalue weighted by atomic mass is 10.0. The number of alkyl halides is 1. The summed E-state index contributed by atoms with van der Waals surface area (Å²) in [5.74, 6) is 0.228. The van der Waals surface area contributed by atoms with E-state index in [0.29, 0.717) is 11.2 Å². The van der Waals surface area contributed by atoms with E-state index in [1.54, 1.807) is 4.57 Å². The van der Waals surface area contributed by atoms with Crippen LogP contribution in [0.3, 0.4) is 0 Å². The molecule has 4 aliphatic heterocycles. The smallest absolute Gasteiger partial charge is 0.382 e. The number of nitrogen functional groups attached to an aromatic ring is 2. The van der Waals surface area contributed by atoms with Crippen LogP contribution in [0.2, 0.25) is 0 Å². The Morgan fingerprint density at radius 3 is 2.27 bits per heavy atom. The van der Waals surface area contributed by atoms with Crippen molar-refractivity contribution in [3.63, 3.8) is 0 Å². The van der Waals surface area contributed by atoms with Crippen molar-refractivity contribution in [3.8, 4) is 0 Å². The number of hydrogen-bond acceptors (Lipinski definition) is 17. The summed E-state index contributed by atoms with van der Waals surface area (Å²) < 4.78 is 73.8. The fraction of sp³-hybridized carbons (Fsp3) is 0.524. The van der Waals surface area contributed by atoms with Crippen LogP contribution in [0, 0.1) is 0 Å². The third kappa shape index (κ3) is 4.86. The largest absolute Gasteiger partial charge is 0.386 e. The molecule has 4 aromatic heterocycles. The van der Waals surface area contributed by atoms with Gasteiger partial charge in [0.25, 0.3) is 0 Å². The summed E-state index contributed by atoms with van der Waals surface area (Å²) in [6, 6.07) is 0. The lowest BCUT2D eigenvalue weighted by Gasteiger charge is -2.33. The van der Waals surface area contributed by atoms with E-state index in [4.69, 9.17) is 55.6 Å². The Balaban J connectivity index is 1.14. The van der Waals surface area contributed by atoms with E-state index in [1.165, 1.54) is 29.9 Å². The molecule has 45 heavy (non-hydrogen) atoms. The molecule has 4 bridgehead atoms. The summed E-state index contributed by atoms with van der Waals surface area (Å²) in [7, 11) is 0. The van der Waals surface area contributed by atoms with Crippen molar-refractivity contribution in [2.75, 3.05) is 31.3 Å². The Morgan fingerprint density at radius 1 is 0.956 bits per heavy atom. The van der Waals surface area contributed by atoms with Gasteiger partial charge in [-0.2, -0.15) is 0 Å². The normalized spacial score (nSPS) is 40.3. The number of thiol groups is 1. The molecule has 0 saturated carbocycles. The van der Waals surface area contributed by atoms with Crippen LogP contribution in [0.4, 0.5) is 16.0 Å². The van der Waals surface area contributed by atoms with Crippen LogP contribution in [0.1, 0.15) is 12.5 Å². The van der Waals surface area contributed by atoms with Crippen LogP contribution in [-0.2, 0) is 48.7 Å². The van der Waals surface area contributed by atoms with Crippen LogP contribution in [-0.4, -0.2) is 99.9 Å². The van der Waals surface area contributed by atoms with Gasteiger partial charge in [0.05, 0.1) is 32.5 Å². The quantitative estimate of drug-likeness (QED) is 0.167. The summed E-state index contributed by atoms with van der Waals surface area (Å²) in [4.78, 5) is 35.8. The molecule has 4 fully saturated rings. The van der Waals surface area contributed by atoms with E-state index in [9.17, 15) is 9.46 Å². The third-order valence-electron chi connectivity index (χ3n) is 7.94. The van der Waals surface area contributed by atoms with Crippen LogP contribution >= 0.6 is 25.8 Å². The summed E-state index contributed by atoms with van der Waals surface area (Å²) in [6.45, 7) is -9.69. The summed E-state index contributed by atoms with van der Waals surface area (Å²) in [6.07, 6.45) is -3.96. The number of hydrogen-bond donors (Lipinski definition) is 4. The van der Waals surface area contributed by atoms with Gasteiger partial charge >= 0.3 is 13.5 Å². The average molecular weight is 705 g/mol. The number of rotatable bonds is 2. The number of imidazole rings is 2. The van der Waals surface area contributed by atoms with Gasteiger partial charge in [0.2, 0.25) is 0 Å². The van der Waals surface area contributed by atoms with Crippen LogP contribution in [0.5, 0.6) is 0 Å². The van der Waals surface area contributed by atoms with E-state index in [0.717, 1.165) is 0 Å². The van der Waals surface area contributed by atoms with Crippen LogP contribution in [0.15, 0.2) is 25.3 Å². The van der Waals surface area contributed by atoms with Crippen molar-refractivity contribution in [1.29, 1.82) is 0 Å². The molecule has 4 saturated heterocycles. The maximum Gasteiger partial charge on any atom is 0.386 e. The number of aromatic nitrogens is 8. The van der Waals surface area contributed by atoms with Crippen molar-refractivity contribution in [2.24, 2.45) is 0 Å². The number of nitrogens with two attached hydrogens (primary N) is 2. The van der Waals surface area contributed by atoms with Gasteiger partial charge in [-0.05, 0) is 11.8 Å². The Labute approximate surface area is 261 Å². The average Bonchev–Trinajstić information content (AvgIpc) is 3.80. The minimum atomic E-state index is -4.37. The maximum absolute atomic E-state index is 15.9. The first-order valence-corrected chi connectivity index (χ1v) is 18.5. The molecule has 4 aliphatic rings. The second kappa shape index (κ2) is 10.5. The molecule has 8 rings (SSSR count). The number of anilines is 2. The summed E-state index contributed by atoms with van der Waals surface area (Å²) in [5.41, 5.74) is 11.4. The van der Waals surface area contributed by atoms with Crippen LogP contribution < -0.4 is 11.5 Å². The minimum absolute atomic E-state index is 0.0785. The Kier molecular flexibility index (Phi) is 7.00. The van der Waals surface area contributed by atoms with Gasteiger partial charge in [-0.1, -0.05) is 12.2 Å². The van der Waals surface area contributed by atoms with Crippen molar-refractivity contribution in [3.05, 3.63) is 25.3 Å². The second-order valence-electron chi connectivity index (χ2n) is 10.6. The van der Waals surface area contributed by atoms with E-state index < -0.39 is 75.4 Å². The first kappa shape index (κ1) is 29.9. The zero-order valence-electron chi connectivity index (χ0n) is 22.5. The van der Waals surface area contributed by atoms with Crippen molar-refractivity contribution >= 4 is 71.5 Å². The maximum atomic E-state index is 15.9. The highest BCUT2D eigenvalue weighted by atomic mass is 32.7. The summed E-state index contributed by atoms with van der Waals surface area (Å²) in [5, 5.41) is 0. The third-order valence-corrected chi connectivity index (χ3v) is 11.1. The molecule has 8 heterocycles. The highest BCUT2D eigenvalue weighted by molar-refractivity contribution is 8.44. The van der Waals surface area contributed by atoms with Gasteiger partial charge in [-0.25, -0.2) is 38.9 Å². The highest BCUT2D eigenvalue weighted by Gasteiger charge is 2.65. The molecule has 24 heteroatoms. The standard InChI is InChI=1S/C21H23FN10O9P2S2/c22-9-8-1-36-42(33,44)41-14-13-20(32-7-30-11-16(24)26-5-28-18(11)32)39-21(14,2-35-13)3-37-43(34,45)40-12(9)19(38-8)31-6-29-10-15(23)25-4-27-17(10)31/h4-9,12-14,19-20H,1-3H2,(H,33,44)(H,34,45)(H2,23,25,27)(H2,24,26,28)/t8-,9-,12-,13-,14+,19-,20-,21-,42?,43?/m1/s1. The predicted octanol–water partition coefficient (Wildman–Crippen LogP) is 0.804. The lowest BCUT2D eigenvalue weighted by molar-refractivity contribution is -0.182. The molecule has 0 radical (unpaired) electrons. The second-order valence-corrected chi connectivity index (χ2v) is 16.3. The van der Waals surface area contributed by atoms with Crippen LogP contribution in [0.25, 0.3) is 22.3 Å². The predicted molar refractivity (Wildman–Crippen MR) is 156 cm³/mol. The molecular weight excluding hydrogens is 681 g/mol. The molecule has 0 spiro atoms. The number of halogens is 1. The Morgan fingerprint density at radius 2 is 1.60 bits per heavy atom. The zero-order valence-corrected chi connectivity index (χ0v) is 26.0. The van der Waals surface area contributed by atoms with Gasteiger partial charge in [-0.3, -0.25) is 22.7 Å². The topological polar surface area (TPSA) is 241 Å². The van der Waals surface area contributed by atoms with Crippen molar-refractivity contribution in [1.82, 2.24) is 39.0 Å². The molecule has 5 N–H and O–H groups in total.